The van der Waals surface area contributed by atoms with Crippen LogP contribution < -0.4 is 4.74 Å². The number of hydrogen-bond acceptors (Lipinski definition) is 3. The van der Waals surface area contributed by atoms with Crippen LogP contribution >= 0.6 is 0 Å². The Hall–Kier alpha value is -1.98. The Labute approximate surface area is 127 Å². The summed E-state index contributed by atoms with van der Waals surface area (Å²) < 4.78 is 47.1. The van der Waals surface area contributed by atoms with Gasteiger partial charge >= 0.3 is 12.1 Å². The topological polar surface area (TPSA) is 35.5 Å². The molecule has 0 aliphatic heterocycles. The van der Waals surface area contributed by atoms with E-state index >= 15 is 0 Å². The third-order valence-corrected chi connectivity index (χ3v) is 3.51. The largest absolute Gasteiger partial charge is 0.496 e. The van der Waals surface area contributed by atoms with Gasteiger partial charge in [-0.25, -0.2) is 4.79 Å². The lowest BCUT2D eigenvalue weighted by atomic mass is 9.91. The van der Waals surface area contributed by atoms with Gasteiger partial charge in [-0.1, -0.05) is 31.7 Å². The summed E-state index contributed by atoms with van der Waals surface area (Å²) in [5.74, 6) is -1.56. The lowest BCUT2D eigenvalue weighted by molar-refractivity contribution is -0.211. The number of methoxy groups -OCH3 is 1. The van der Waals surface area contributed by atoms with Crippen molar-refractivity contribution in [2.24, 2.45) is 0 Å². The molecule has 0 aromatic heterocycles. The quantitative estimate of drug-likeness (QED) is 0.562. The van der Waals surface area contributed by atoms with E-state index in [9.17, 15) is 18.0 Å². The Bertz CT molecular complexity index is 526. The number of alkyl halides is 3. The lowest BCUT2D eigenvalue weighted by Gasteiger charge is -2.30. The van der Waals surface area contributed by atoms with Gasteiger partial charge in [-0.3, -0.25) is 0 Å². The van der Waals surface area contributed by atoms with Crippen LogP contribution in [0.15, 0.2) is 36.9 Å². The molecule has 1 atom stereocenters. The minimum Gasteiger partial charge on any atom is -0.496 e. The summed E-state index contributed by atoms with van der Waals surface area (Å²) in [7, 11) is 1.52. The number of ether oxygens (including phenoxy) is 2. The number of halogens is 3. The summed E-state index contributed by atoms with van der Waals surface area (Å²) in [6.45, 7) is 5.16. The third-order valence-electron chi connectivity index (χ3n) is 3.51. The molecule has 1 unspecified atom stereocenters. The summed E-state index contributed by atoms with van der Waals surface area (Å²) in [4.78, 5) is 11.1. The lowest BCUT2D eigenvalue weighted by Crippen LogP contribution is -2.38. The maximum atomic E-state index is 12.4. The second kappa shape index (κ2) is 7.33. The summed E-state index contributed by atoms with van der Waals surface area (Å²) >= 11 is 0. The fraction of sp³-hybridized carbons (Fsp3) is 0.438. The van der Waals surface area contributed by atoms with Crippen LogP contribution in [0.25, 0.3) is 0 Å². The van der Waals surface area contributed by atoms with Gasteiger partial charge in [-0.05, 0) is 37.0 Å². The van der Waals surface area contributed by atoms with Gasteiger partial charge in [0.1, 0.15) is 11.4 Å². The first-order chi connectivity index (χ1) is 10.3. The number of rotatable bonds is 7. The first-order valence-electron chi connectivity index (χ1n) is 6.83. The van der Waals surface area contributed by atoms with Gasteiger partial charge < -0.3 is 9.47 Å². The highest BCUT2D eigenvalue weighted by Gasteiger charge is 2.45. The van der Waals surface area contributed by atoms with Gasteiger partial charge in [0.05, 0.1) is 7.11 Å². The molecular formula is C16H19F3O3. The molecule has 1 aromatic rings. The second-order valence-corrected chi connectivity index (χ2v) is 4.82. The molecule has 0 heterocycles. The van der Waals surface area contributed by atoms with E-state index in [1.807, 2.05) is 6.07 Å². The zero-order valence-electron chi connectivity index (χ0n) is 12.6. The molecule has 122 valence electrons. The maximum Gasteiger partial charge on any atom is 0.490 e. The van der Waals surface area contributed by atoms with Crippen molar-refractivity contribution in [3.8, 4) is 5.75 Å². The smallest absolute Gasteiger partial charge is 0.490 e. The first kappa shape index (κ1) is 18.1. The van der Waals surface area contributed by atoms with Crippen LogP contribution in [0.2, 0.25) is 0 Å². The Morgan fingerprint density at radius 2 is 1.95 bits per heavy atom. The number of aryl methyl sites for hydroxylation is 1. The molecule has 6 heteroatoms. The van der Waals surface area contributed by atoms with Crippen LogP contribution in [0, 0.1) is 0 Å². The van der Waals surface area contributed by atoms with Gasteiger partial charge in [0.15, 0.2) is 0 Å². The molecule has 0 aliphatic carbocycles. The molecule has 0 amide bonds. The number of carbonyl (C=O) groups excluding carboxylic acids is 1. The highest BCUT2D eigenvalue weighted by atomic mass is 19.4. The minimum absolute atomic E-state index is 0.190. The first-order valence-corrected chi connectivity index (χ1v) is 6.83. The van der Waals surface area contributed by atoms with E-state index in [0.29, 0.717) is 12.2 Å². The summed E-state index contributed by atoms with van der Waals surface area (Å²) in [6, 6.07) is 7.18. The summed E-state index contributed by atoms with van der Waals surface area (Å²) in [5.41, 5.74) is -0.527. The van der Waals surface area contributed by atoms with Crippen molar-refractivity contribution in [2.45, 2.75) is 38.0 Å². The van der Waals surface area contributed by atoms with E-state index in [4.69, 9.17) is 4.74 Å². The number of para-hydroxylation sites is 1. The molecule has 1 aromatic carbocycles. The number of hydrogen-bond donors (Lipinski definition) is 0. The third kappa shape index (κ3) is 4.51. The van der Waals surface area contributed by atoms with E-state index in [2.05, 4.69) is 11.3 Å². The fourth-order valence-corrected chi connectivity index (χ4v) is 2.09. The van der Waals surface area contributed by atoms with Crippen LogP contribution in [-0.2, 0) is 16.0 Å². The van der Waals surface area contributed by atoms with Crippen LogP contribution in [-0.4, -0.2) is 24.9 Å². The highest BCUT2D eigenvalue weighted by molar-refractivity contribution is 5.76. The second-order valence-electron chi connectivity index (χ2n) is 4.82. The Kier molecular flexibility index (Phi) is 6.02. The van der Waals surface area contributed by atoms with Crippen molar-refractivity contribution in [2.75, 3.05) is 7.11 Å². The average molecular weight is 316 g/mol. The molecule has 0 bridgehead atoms. The van der Waals surface area contributed by atoms with Gasteiger partial charge in [0.25, 0.3) is 0 Å². The molecule has 0 spiro atoms. The average Bonchev–Trinajstić information content (AvgIpc) is 2.50. The van der Waals surface area contributed by atoms with Crippen molar-refractivity contribution in [3.05, 3.63) is 42.5 Å². The Morgan fingerprint density at radius 1 is 1.32 bits per heavy atom. The SMILES string of the molecule is C=CC(CC)(CCc1ccccc1OC)OC(=O)C(F)(F)F. The summed E-state index contributed by atoms with van der Waals surface area (Å²) in [5, 5.41) is 0. The van der Waals surface area contributed by atoms with Crippen molar-refractivity contribution < 1.29 is 27.4 Å². The predicted octanol–water partition coefficient (Wildman–Crippen LogP) is 4.07. The van der Waals surface area contributed by atoms with Gasteiger partial charge in [0.2, 0.25) is 0 Å². The zero-order valence-corrected chi connectivity index (χ0v) is 12.6. The predicted molar refractivity (Wildman–Crippen MR) is 76.7 cm³/mol. The van der Waals surface area contributed by atoms with Gasteiger partial charge in [-0.2, -0.15) is 13.2 Å². The fourth-order valence-electron chi connectivity index (χ4n) is 2.09. The van der Waals surface area contributed by atoms with Crippen LogP contribution in [0.4, 0.5) is 13.2 Å². The molecule has 0 N–H and O–H groups in total. The van der Waals surface area contributed by atoms with Crippen molar-refractivity contribution in [1.29, 1.82) is 0 Å². The molecule has 22 heavy (non-hydrogen) atoms. The summed E-state index contributed by atoms with van der Waals surface area (Å²) in [6.07, 6.45) is -2.97. The van der Waals surface area contributed by atoms with E-state index in [0.717, 1.165) is 5.56 Å². The van der Waals surface area contributed by atoms with Crippen LogP contribution in [0.3, 0.4) is 0 Å². The maximum absolute atomic E-state index is 12.4. The van der Waals surface area contributed by atoms with Gasteiger partial charge in [0, 0.05) is 0 Å². The van der Waals surface area contributed by atoms with Gasteiger partial charge in [-0.15, -0.1) is 0 Å². The molecule has 0 radical (unpaired) electrons. The highest BCUT2D eigenvalue weighted by Crippen LogP contribution is 2.30. The standard InChI is InChI=1S/C16H19F3O3/c1-4-15(5-2,22-14(20)16(17,18)19)11-10-12-8-6-7-9-13(12)21-3/h4,6-9H,1,5,10-11H2,2-3H3. The number of benzene rings is 1. The minimum atomic E-state index is -5.02. The number of carbonyl (C=O) groups is 1. The van der Waals surface area contributed by atoms with Crippen molar-refractivity contribution in [3.63, 3.8) is 0 Å². The molecular weight excluding hydrogens is 297 g/mol. The zero-order chi connectivity index (χ0) is 16.8. The molecule has 1 rings (SSSR count). The molecule has 0 saturated heterocycles. The monoisotopic (exact) mass is 316 g/mol. The van der Waals surface area contributed by atoms with Crippen LogP contribution in [0.1, 0.15) is 25.3 Å². The van der Waals surface area contributed by atoms with E-state index in [1.165, 1.54) is 13.2 Å². The van der Waals surface area contributed by atoms with Crippen molar-refractivity contribution >= 4 is 5.97 Å². The van der Waals surface area contributed by atoms with E-state index in [1.54, 1.807) is 25.1 Å². The van der Waals surface area contributed by atoms with E-state index < -0.39 is 17.7 Å². The molecule has 0 fully saturated rings. The normalized spacial score (nSPS) is 14.0. The van der Waals surface area contributed by atoms with E-state index in [-0.39, 0.29) is 12.8 Å². The Morgan fingerprint density at radius 3 is 2.45 bits per heavy atom. The number of esters is 1. The molecule has 3 nitrogen and oxygen atoms in total. The van der Waals surface area contributed by atoms with Crippen LogP contribution in [0.5, 0.6) is 5.75 Å². The molecule has 0 aliphatic rings. The molecule has 0 saturated carbocycles. The Balaban J connectivity index is 2.88. The van der Waals surface area contributed by atoms with Crippen molar-refractivity contribution in [1.82, 2.24) is 0 Å².